The largest absolute Gasteiger partial charge is 0.338 e. The smallest absolute Gasteiger partial charge is 0.257 e. The number of benzene rings is 2. The maximum absolute atomic E-state index is 13.2. The fourth-order valence-electron chi connectivity index (χ4n) is 4.34. The molecule has 0 aliphatic carbocycles. The van der Waals surface area contributed by atoms with Crippen LogP contribution in [0.1, 0.15) is 46.7 Å². The highest BCUT2D eigenvalue weighted by Gasteiger charge is 2.27. The maximum atomic E-state index is 13.2. The molecule has 2 N–H and O–H groups in total. The Morgan fingerprint density at radius 1 is 0.971 bits per heavy atom. The summed E-state index contributed by atoms with van der Waals surface area (Å²) in [6.45, 7) is 5.77. The van der Waals surface area contributed by atoms with Crippen LogP contribution in [0.2, 0.25) is 0 Å². The van der Waals surface area contributed by atoms with Crippen molar-refractivity contribution in [1.82, 2.24) is 9.88 Å². The molecule has 3 amide bonds. The number of likely N-dealkylation sites (tertiary alicyclic amines) is 1. The normalized spacial score (nSPS) is 17.8. The summed E-state index contributed by atoms with van der Waals surface area (Å²) in [6.07, 6.45) is 1.15. The van der Waals surface area contributed by atoms with Crippen molar-refractivity contribution in [1.29, 1.82) is 0 Å². The predicted molar refractivity (Wildman–Crippen MR) is 134 cm³/mol. The molecule has 1 aromatic heterocycles. The van der Waals surface area contributed by atoms with Crippen LogP contribution in [0.4, 0.5) is 10.8 Å². The molecule has 0 radical (unpaired) electrons. The highest BCUT2D eigenvalue weighted by atomic mass is 32.1. The number of nitrogens with zero attached hydrogens (tertiary/aromatic N) is 2. The van der Waals surface area contributed by atoms with Crippen LogP contribution in [0, 0.1) is 11.8 Å². The van der Waals surface area contributed by atoms with Gasteiger partial charge in [0.05, 0.1) is 23.4 Å². The highest BCUT2D eigenvalue weighted by Crippen LogP contribution is 2.25. The van der Waals surface area contributed by atoms with Crippen LogP contribution in [0.15, 0.2) is 60.0 Å². The molecule has 2 atom stereocenters. The van der Waals surface area contributed by atoms with E-state index in [1.54, 1.807) is 47.8 Å². The number of carbonyl (C=O) groups is 3. The molecule has 1 aliphatic rings. The molecule has 34 heavy (non-hydrogen) atoms. The summed E-state index contributed by atoms with van der Waals surface area (Å²) >= 11 is 1.26. The molecule has 0 spiro atoms. The first kappa shape index (κ1) is 23.6. The Labute approximate surface area is 203 Å². The van der Waals surface area contributed by atoms with E-state index >= 15 is 0 Å². The van der Waals surface area contributed by atoms with Gasteiger partial charge in [-0.1, -0.05) is 44.2 Å². The molecule has 2 unspecified atom stereocenters. The fraction of sp³-hybridized carbons (Fsp3) is 0.308. The van der Waals surface area contributed by atoms with Crippen molar-refractivity contribution in [3.05, 3.63) is 76.8 Å². The number of rotatable bonds is 6. The molecule has 0 saturated carbocycles. The van der Waals surface area contributed by atoms with Crippen LogP contribution in [0.3, 0.4) is 0 Å². The van der Waals surface area contributed by atoms with Crippen LogP contribution in [0.25, 0.3) is 0 Å². The molecule has 8 heteroatoms. The van der Waals surface area contributed by atoms with Crippen LogP contribution in [-0.4, -0.2) is 40.7 Å². The number of para-hydroxylation sites is 1. The summed E-state index contributed by atoms with van der Waals surface area (Å²) in [7, 11) is 0. The Morgan fingerprint density at radius 3 is 2.38 bits per heavy atom. The maximum Gasteiger partial charge on any atom is 0.257 e. The number of piperidine rings is 1. The number of anilines is 2. The van der Waals surface area contributed by atoms with E-state index in [0.29, 0.717) is 39.5 Å². The number of hydrogen-bond donors (Lipinski definition) is 2. The molecule has 3 aromatic rings. The Bertz CT molecular complexity index is 1170. The van der Waals surface area contributed by atoms with Gasteiger partial charge in [-0.05, 0) is 42.5 Å². The van der Waals surface area contributed by atoms with Crippen molar-refractivity contribution in [3.8, 4) is 0 Å². The molecule has 2 heterocycles. The van der Waals surface area contributed by atoms with Gasteiger partial charge in [0.1, 0.15) is 0 Å². The minimum atomic E-state index is -0.271. The third-order valence-corrected chi connectivity index (χ3v) is 6.54. The van der Waals surface area contributed by atoms with Gasteiger partial charge >= 0.3 is 0 Å². The number of nitrogens with one attached hydrogen (secondary N) is 2. The summed E-state index contributed by atoms with van der Waals surface area (Å²) in [5.41, 5.74) is 2.08. The Balaban J connectivity index is 1.39. The van der Waals surface area contributed by atoms with Gasteiger partial charge in [0.25, 0.3) is 11.8 Å². The van der Waals surface area contributed by atoms with Gasteiger partial charge in [-0.2, -0.15) is 0 Å². The molecular weight excluding hydrogens is 448 g/mol. The van der Waals surface area contributed by atoms with Crippen molar-refractivity contribution >= 4 is 39.9 Å². The summed E-state index contributed by atoms with van der Waals surface area (Å²) in [4.78, 5) is 44.5. The van der Waals surface area contributed by atoms with E-state index in [1.807, 2.05) is 17.0 Å². The molecule has 7 nitrogen and oxygen atoms in total. The van der Waals surface area contributed by atoms with Crippen LogP contribution >= 0.6 is 11.3 Å². The molecule has 1 fully saturated rings. The van der Waals surface area contributed by atoms with Gasteiger partial charge in [0, 0.05) is 24.0 Å². The lowest BCUT2D eigenvalue weighted by atomic mass is 9.91. The van der Waals surface area contributed by atoms with E-state index in [-0.39, 0.29) is 24.1 Å². The van der Waals surface area contributed by atoms with E-state index in [0.717, 1.165) is 19.5 Å². The SMILES string of the molecule is CC1CC(C)CN(C(=O)c2ccccc2NC(=O)Cc2csc(NC(=O)c3ccccc3)n2)C1. The molecule has 0 bridgehead atoms. The zero-order valence-corrected chi connectivity index (χ0v) is 20.1. The third-order valence-electron chi connectivity index (χ3n) is 5.74. The fourth-order valence-corrected chi connectivity index (χ4v) is 5.05. The van der Waals surface area contributed by atoms with Crippen molar-refractivity contribution in [2.75, 3.05) is 23.7 Å². The second-order valence-electron chi connectivity index (χ2n) is 8.89. The Kier molecular flexibility index (Phi) is 7.37. The summed E-state index contributed by atoms with van der Waals surface area (Å²) in [6, 6.07) is 16.0. The molecule has 4 rings (SSSR count). The average Bonchev–Trinajstić information content (AvgIpc) is 3.25. The quantitative estimate of drug-likeness (QED) is 0.540. The monoisotopic (exact) mass is 476 g/mol. The van der Waals surface area contributed by atoms with Crippen LogP contribution in [0.5, 0.6) is 0 Å². The lowest BCUT2D eigenvalue weighted by Crippen LogP contribution is -2.42. The molecular formula is C26H28N4O3S. The standard InChI is InChI=1S/C26H28N4O3S/c1-17-12-18(2)15-30(14-17)25(33)21-10-6-7-11-22(21)28-23(31)13-20-16-34-26(27-20)29-24(32)19-8-4-3-5-9-19/h3-11,16-18H,12-15H2,1-2H3,(H,28,31)(H,27,29,32). The first-order valence-corrected chi connectivity index (χ1v) is 12.3. The van der Waals surface area contributed by atoms with E-state index < -0.39 is 0 Å². The van der Waals surface area contributed by atoms with Crippen molar-refractivity contribution in [2.24, 2.45) is 11.8 Å². The van der Waals surface area contributed by atoms with Gasteiger partial charge in [0.2, 0.25) is 5.91 Å². The number of carbonyl (C=O) groups excluding carboxylic acids is 3. The number of thiazole rings is 1. The first-order chi connectivity index (χ1) is 16.4. The highest BCUT2D eigenvalue weighted by molar-refractivity contribution is 7.14. The zero-order chi connectivity index (χ0) is 24.1. The topological polar surface area (TPSA) is 91.4 Å². The lowest BCUT2D eigenvalue weighted by Gasteiger charge is -2.35. The number of amides is 3. The summed E-state index contributed by atoms with van der Waals surface area (Å²) in [5.74, 6) is 0.326. The van der Waals surface area contributed by atoms with Gasteiger partial charge in [0.15, 0.2) is 5.13 Å². The van der Waals surface area contributed by atoms with Crippen molar-refractivity contribution in [3.63, 3.8) is 0 Å². The van der Waals surface area contributed by atoms with E-state index in [4.69, 9.17) is 0 Å². The van der Waals surface area contributed by atoms with Crippen LogP contribution < -0.4 is 10.6 Å². The van der Waals surface area contributed by atoms with Crippen molar-refractivity contribution in [2.45, 2.75) is 26.7 Å². The second-order valence-corrected chi connectivity index (χ2v) is 9.75. The summed E-state index contributed by atoms with van der Waals surface area (Å²) < 4.78 is 0. The predicted octanol–water partition coefficient (Wildman–Crippen LogP) is 4.69. The second kappa shape index (κ2) is 10.6. The lowest BCUT2D eigenvalue weighted by molar-refractivity contribution is -0.115. The molecule has 2 aromatic carbocycles. The first-order valence-electron chi connectivity index (χ1n) is 11.4. The van der Waals surface area contributed by atoms with Gasteiger partial charge < -0.3 is 10.2 Å². The van der Waals surface area contributed by atoms with E-state index in [2.05, 4.69) is 29.5 Å². The van der Waals surface area contributed by atoms with Crippen LogP contribution in [-0.2, 0) is 11.2 Å². The Hall–Kier alpha value is -3.52. The van der Waals surface area contributed by atoms with Gasteiger partial charge in [-0.15, -0.1) is 11.3 Å². The van der Waals surface area contributed by atoms with E-state index in [1.165, 1.54) is 11.3 Å². The molecule has 176 valence electrons. The summed E-state index contributed by atoms with van der Waals surface area (Å²) in [5, 5.41) is 7.80. The number of aromatic nitrogens is 1. The molecule has 1 saturated heterocycles. The van der Waals surface area contributed by atoms with Gasteiger partial charge in [-0.25, -0.2) is 4.98 Å². The Morgan fingerprint density at radius 2 is 1.65 bits per heavy atom. The van der Waals surface area contributed by atoms with Gasteiger partial charge in [-0.3, -0.25) is 19.7 Å². The number of hydrogen-bond acceptors (Lipinski definition) is 5. The zero-order valence-electron chi connectivity index (χ0n) is 19.3. The molecule has 1 aliphatic heterocycles. The minimum absolute atomic E-state index is 0.0397. The minimum Gasteiger partial charge on any atom is -0.338 e. The third kappa shape index (κ3) is 5.88. The average molecular weight is 477 g/mol. The van der Waals surface area contributed by atoms with E-state index in [9.17, 15) is 14.4 Å². The van der Waals surface area contributed by atoms with Crippen molar-refractivity contribution < 1.29 is 14.4 Å².